The first-order valence-electron chi connectivity index (χ1n) is 8.78. The minimum Gasteiger partial charge on any atom is -0.489 e. The van der Waals surface area contributed by atoms with Crippen molar-refractivity contribution in [1.82, 2.24) is 14.8 Å². The number of anilines is 1. The Morgan fingerprint density at radius 3 is 2.63 bits per heavy atom. The van der Waals surface area contributed by atoms with Crippen LogP contribution in [0.4, 0.5) is 5.69 Å². The number of nitrogens with one attached hydrogen (secondary N) is 1. The maximum atomic E-state index is 12.4. The van der Waals surface area contributed by atoms with Gasteiger partial charge >= 0.3 is 0 Å². The van der Waals surface area contributed by atoms with Crippen LogP contribution in [0.3, 0.4) is 0 Å². The number of nitrogens with zero attached hydrogens (tertiary/aromatic N) is 3. The third kappa shape index (κ3) is 5.34. The van der Waals surface area contributed by atoms with Crippen molar-refractivity contribution in [3.63, 3.8) is 0 Å². The van der Waals surface area contributed by atoms with E-state index in [4.69, 9.17) is 4.74 Å². The van der Waals surface area contributed by atoms with Gasteiger partial charge in [0, 0.05) is 12.2 Å². The second-order valence-electron chi connectivity index (χ2n) is 5.95. The van der Waals surface area contributed by atoms with E-state index in [-0.39, 0.29) is 11.2 Å². The molecule has 27 heavy (non-hydrogen) atoms. The number of aromatic nitrogens is 3. The lowest BCUT2D eigenvalue weighted by Gasteiger charge is -2.12. The SMILES string of the molecule is CCn1cnnc1S[C@@H](C)C(=O)Nc1ccc(OCc2ccccc2)cc1. The lowest BCUT2D eigenvalue weighted by Crippen LogP contribution is -2.22. The summed E-state index contributed by atoms with van der Waals surface area (Å²) in [6, 6.07) is 17.4. The van der Waals surface area contributed by atoms with Gasteiger partial charge in [-0.25, -0.2) is 0 Å². The monoisotopic (exact) mass is 382 g/mol. The topological polar surface area (TPSA) is 69.0 Å². The number of rotatable bonds is 8. The Morgan fingerprint density at radius 2 is 1.93 bits per heavy atom. The summed E-state index contributed by atoms with van der Waals surface area (Å²) < 4.78 is 7.67. The second kappa shape index (κ2) is 9.23. The van der Waals surface area contributed by atoms with E-state index >= 15 is 0 Å². The molecular formula is C20H22N4O2S. The third-order valence-electron chi connectivity index (χ3n) is 3.94. The molecule has 1 heterocycles. The number of aryl methyl sites for hydroxylation is 1. The van der Waals surface area contributed by atoms with E-state index in [2.05, 4.69) is 15.5 Å². The molecule has 0 saturated carbocycles. The number of hydrogen-bond acceptors (Lipinski definition) is 5. The highest BCUT2D eigenvalue weighted by molar-refractivity contribution is 8.00. The molecule has 0 bridgehead atoms. The molecular weight excluding hydrogens is 360 g/mol. The van der Waals surface area contributed by atoms with Crippen LogP contribution < -0.4 is 10.1 Å². The Morgan fingerprint density at radius 1 is 1.19 bits per heavy atom. The zero-order valence-electron chi connectivity index (χ0n) is 15.3. The summed E-state index contributed by atoms with van der Waals surface area (Å²) in [6.07, 6.45) is 1.67. The molecule has 2 aromatic carbocycles. The summed E-state index contributed by atoms with van der Waals surface area (Å²) in [7, 11) is 0. The number of benzene rings is 2. The normalized spacial score (nSPS) is 11.8. The van der Waals surface area contributed by atoms with Crippen molar-refractivity contribution in [3.05, 3.63) is 66.5 Å². The van der Waals surface area contributed by atoms with Gasteiger partial charge < -0.3 is 14.6 Å². The maximum Gasteiger partial charge on any atom is 0.237 e. The third-order valence-corrected chi connectivity index (χ3v) is 5.04. The first kappa shape index (κ1) is 19.0. The Balaban J connectivity index is 1.52. The first-order valence-corrected chi connectivity index (χ1v) is 9.65. The summed E-state index contributed by atoms with van der Waals surface area (Å²) >= 11 is 1.39. The van der Waals surface area contributed by atoms with Crippen molar-refractivity contribution >= 4 is 23.4 Å². The fraction of sp³-hybridized carbons (Fsp3) is 0.250. The molecule has 3 rings (SSSR count). The summed E-state index contributed by atoms with van der Waals surface area (Å²) in [6.45, 7) is 5.15. The number of hydrogen-bond donors (Lipinski definition) is 1. The van der Waals surface area contributed by atoms with E-state index < -0.39 is 0 Å². The predicted molar refractivity (Wildman–Crippen MR) is 107 cm³/mol. The Labute approximate surface area is 163 Å². The zero-order valence-corrected chi connectivity index (χ0v) is 16.1. The van der Waals surface area contributed by atoms with Gasteiger partial charge in [-0.2, -0.15) is 0 Å². The Hall–Kier alpha value is -2.80. The van der Waals surface area contributed by atoms with Gasteiger partial charge in [-0.05, 0) is 43.7 Å². The summed E-state index contributed by atoms with van der Waals surface area (Å²) in [5.41, 5.74) is 1.84. The lowest BCUT2D eigenvalue weighted by molar-refractivity contribution is -0.115. The fourth-order valence-corrected chi connectivity index (χ4v) is 3.27. The van der Waals surface area contributed by atoms with Crippen LogP contribution in [0.2, 0.25) is 0 Å². The quantitative estimate of drug-likeness (QED) is 0.597. The summed E-state index contributed by atoms with van der Waals surface area (Å²) in [4.78, 5) is 12.4. The number of thioether (sulfide) groups is 1. The van der Waals surface area contributed by atoms with Gasteiger partial charge in [0.1, 0.15) is 18.7 Å². The van der Waals surface area contributed by atoms with Crippen molar-refractivity contribution in [2.45, 2.75) is 37.4 Å². The van der Waals surface area contributed by atoms with Crippen LogP contribution in [0.1, 0.15) is 19.4 Å². The minimum atomic E-state index is -0.284. The van der Waals surface area contributed by atoms with E-state index in [0.29, 0.717) is 6.61 Å². The molecule has 140 valence electrons. The molecule has 1 aromatic heterocycles. The lowest BCUT2D eigenvalue weighted by atomic mass is 10.2. The summed E-state index contributed by atoms with van der Waals surface area (Å²) in [5.74, 6) is 0.680. The van der Waals surface area contributed by atoms with Gasteiger partial charge in [-0.15, -0.1) is 10.2 Å². The van der Waals surface area contributed by atoms with E-state index in [0.717, 1.165) is 28.7 Å². The van der Waals surface area contributed by atoms with Crippen molar-refractivity contribution in [1.29, 1.82) is 0 Å². The Kier molecular flexibility index (Phi) is 6.49. The first-order chi connectivity index (χ1) is 13.2. The van der Waals surface area contributed by atoms with E-state index in [9.17, 15) is 4.79 Å². The number of amides is 1. The average molecular weight is 382 g/mol. The number of carbonyl (C=O) groups is 1. The van der Waals surface area contributed by atoms with Gasteiger partial charge in [-0.3, -0.25) is 4.79 Å². The molecule has 1 amide bonds. The van der Waals surface area contributed by atoms with E-state index in [1.165, 1.54) is 11.8 Å². The van der Waals surface area contributed by atoms with Crippen molar-refractivity contribution < 1.29 is 9.53 Å². The number of ether oxygens (including phenoxy) is 1. The smallest absolute Gasteiger partial charge is 0.237 e. The van der Waals surface area contributed by atoms with Crippen LogP contribution in [0, 0.1) is 0 Å². The van der Waals surface area contributed by atoms with Crippen molar-refractivity contribution in [3.8, 4) is 5.75 Å². The predicted octanol–water partition coefficient (Wildman–Crippen LogP) is 4.00. The molecule has 0 fully saturated rings. The van der Waals surface area contributed by atoms with Gasteiger partial charge in [0.05, 0.1) is 5.25 Å². The fourth-order valence-electron chi connectivity index (χ4n) is 2.38. The molecule has 6 nitrogen and oxygen atoms in total. The summed E-state index contributed by atoms with van der Waals surface area (Å²) in [5, 5.41) is 11.3. The van der Waals surface area contributed by atoms with Crippen molar-refractivity contribution in [2.24, 2.45) is 0 Å². The molecule has 7 heteroatoms. The van der Waals surface area contributed by atoms with Crippen LogP contribution in [0.15, 0.2) is 66.1 Å². The minimum absolute atomic E-state index is 0.0800. The molecule has 0 aliphatic heterocycles. The highest BCUT2D eigenvalue weighted by atomic mass is 32.2. The molecule has 0 unspecified atom stereocenters. The molecule has 0 aliphatic rings. The average Bonchev–Trinajstić information content (AvgIpc) is 3.15. The second-order valence-corrected chi connectivity index (χ2v) is 7.26. The largest absolute Gasteiger partial charge is 0.489 e. The highest BCUT2D eigenvalue weighted by Gasteiger charge is 2.17. The highest BCUT2D eigenvalue weighted by Crippen LogP contribution is 2.23. The molecule has 0 spiro atoms. The molecule has 0 aliphatic carbocycles. The molecule has 3 aromatic rings. The van der Waals surface area contributed by atoms with Crippen LogP contribution >= 0.6 is 11.8 Å². The zero-order chi connectivity index (χ0) is 19.1. The molecule has 0 saturated heterocycles. The van der Waals surface area contributed by atoms with Crippen LogP contribution in [0.5, 0.6) is 5.75 Å². The van der Waals surface area contributed by atoms with Gasteiger partial charge in [-0.1, -0.05) is 42.1 Å². The van der Waals surface area contributed by atoms with E-state index in [1.54, 1.807) is 6.33 Å². The van der Waals surface area contributed by atoms with Crippen LogP contribution in [-0.4, -0.2) is 25.9 Å². The number of carbonyl (C=O) groups excluding carboxylic acids is 1. The Bertz CT molecular complexity index is 865. The van der Waals surface area contributed by atoms with Gasteiger partial charge in [0.15, 0.2) is 5.16 Å². The maximum absolute atomic E-state index is 12.4. The standard InChI is InChI=1S/C20H22N4O2S/c1-3-24-14-21-23-20(24)27-15(2)19(25)22-17-9-11-18(12-10-17)26-13-16-7-5-4-6-8-16/h4-12,14-15H,3,13H2,1-2H3,(H,22,25)/t15-/m0/s1. The van der Waals surface area contributed by atoms with Crippen LogP contribution in [-0.2, 0) is 17.9 Å². The van der Waals surface area contributed by atoms with E-state index in [1.807, 2.05) is 73.0 Å². The van der Waals surface area contributed by atoms with Crippen molar-refractivity contribution in [2.75, 3.05) is 5.32 Å². The molecule has 0 radical (unpaired) electrons. The van der Waals surface area contributed by atoms with Crippen LogP contribution in [0.25, 0.3) is 0 Å². The molecule has 1 atom stereocenters. The molecule has 1 N–H and O–H groups in total. The van der Waals surface area contributed by atoms with Gasteiger partial charge in [0.2, 0.25) is 5.91 Å². The van der Waals surface area contributed by atoms with Gasteiger partial charge in [0.25, 0.3) is 0 Å².